The molecular formula is C18H14Cl2N2O3. The number of carbonyl (C=O) groups is 1. The Morgan fingerprint density at radius 1 is 1.16 bits per heavy atom. The smallest absolute Gasteiger partial charge is 0.311 e. The summed E-state index contributed by atoms with van der Waals surface area (Å²) in [5.41, 5.74) is 1.44. The van der Waals surface area contributed by atoms with E-state index in [1.54, 1.807) is 25.1 Å². The lowest BCUT2D eigenvalue weighted by molar-refractivity contribution is -0.148. The van der Waals surface area contributed by atoms with E-state index in [1.165, 1.54) is 0 Å². The molecular weight excluding hydrogens is 363 g/mol. The molecule has 7 heteroatoms. The fourth-order valence-electron chi connectivity index (χ4n) is 2.21. The molecule has 1 aromatic heterocycles. The van der Waals surface area contributed by atoms with Gasteiger partial charge in [0.05, 0.1) is 6.42 Å². The van der Waals surface area contributed by atoms with Crippen molar-refractivity contribution in [2.75, 3.05) is 0 Å². The zero-order chi connectivity index (χ0) is 17.8. The van der Waals surface area contributed by atoms with Crippen LogP contribution in [0.1, 0.15) is 24.5 Å². The Morgan fingerprint density at radius 2 is 1.92 bits per heavy atom. The van der Waals surface area contributed by atoms with Crippen LogP contribution in [0.2, 0.25) is 10.0 Å². The van der Waals surface area contributed by atoms with Crippen molar-refractivity contribution >= 4 is 29.2 Å². The normalized spacial score (nSPS) is 12.0. The second-order valence-corrected chi connectivity index (χ2v) is 6.20. The first kappa shape index (κ1) is 17.5. The summed E-state index contributed by atoms with van der Waals surface area (Å²) in [6, 6.07) is 14.3. The number of ether oxygens (including phenoxy) is 1. The summed E-state index contributed by atoms with van der Waals surface area (Å²) in [7, 11) is 0. The van der Waals surface area contributed by atoms with Crippen LogP contribution in [0.25, 0.3) is 11.5 Å². The van der Waals surface area contributed by atoms with E-state index in [0.717, 1.165) is 5.56 Å². The molecule has 25 heavy (non-hydrogen) atoms. The van der Waals surface area contributed by atoms with Crippen molar-refractivity contribution in [2.24, 2.45) is 0 Å². The summed E-state index contributed by atoms with van der Waals surface area (Å²) in [6.07, 6.45) is -0.636. The van der Waals surface area contributed by atoms with E-state index in [4.69, 9.17) is 32.4 Å². The van der Waals surface area contributed by atoms with Crippen molar-refractivity contribution in [1.29, 1.82) is 0 Å². The topological polar surface area (TPSA) is 65.2 Å². The van der Waals surface area contributed by atoms with E-state index in [9.17, 15) is 4.79 Å². The Morgan fingerprint density at radius 3 is 2.64 bits per heavy atom. The second-order valence-electron chi connectivity index (χ2n) is 5.36. The third-order valence-electron chi connectivity index (χ3n) is 3.47. The first-order chi connectivity index (χ1) is 12.0. The van der Waals surface area contributed by atoms with E-state index in [0.29, 0.717) is 21.5 Å². The van der Waals surface area contributed by atoms with E-state index < -0.39 is 12.1 Å². The minimum atomic E-state index is -0.663. The van der Waals surface area contributed by atoms with Crippen LogP contribution in [0.15, 0.2) is 52.9 Å². The lowest BCUT2D eigenvalue weighted by Gasteiger charge is -2.10. The largest absolute Gasteiger partial charge is 0.452 e. The maximum atomic E-state index is 12.1. The predicted molar refractivity (Wildman–Crippen MR) is 94.4 cm³/mol. The third-order valence-corrected chi connectivity index (χ3v) is 4.05. The van der Waals surface area contributed by atoms with Gasteiger partial charge in [-0.2, -0.15) is 0 Å². The highest BCUT2D eigenvalue weighted by Gasteiger charge is 2.19. The third kappa shape index (κ3) is 4.38. The number of halogens is 2. The molecule has 0 unspecified atom stereocenters. The summed E-state index contributed by atoms with van der Waals surface area (Å²) < 4.78 is 10.9. The number of nitrogens with zero attached hydrogens (tertiary/aromatic N) is 2. The molecule has 3 aromatic rings. The molecule has 0 aliphatic carbocycles. The summed E-state index contributed by atoms with van der Waals surface area (Å²) in [6.45, 7) is 1.67. The van der Waals surface area contributed by atoms with Crippen LogP contribution in [0, 0.1) is 0 Å². The van der Waals surface area contributed by atoms with Crippen molar-refractivity contribution in [3.8, 4) is 11.5 Å². The molecule has 1 atom stereocenters. The quantitative estimate of drug-likeness (QED) is 0.593. The van der Waals surface area contributed by atoms with Gasteiger partial charge in [0.25, 0.3) is 5.89 Å². The van der Waals surface area contributed by atoms with Gasteiger partial charge >= 0.3 is 5.97 Å². The van der Waals surface area contributed by atoms with Crippen molar-refractivity contribution in [3.05, 3.63) is 70.0 Å². The van der Waals surface area contributed by atoms with E-state index in [2.05, 4.69) is 10.2 Å². The molecule has 0 aliphatic rings. The summed E-state index contributed by atoms with van der Waals surface area (Å²) in [5, 5.41) is 8.85. The standard InChI is InChI=1S/C18H14Cl2N2O3/c1-11(17-21-22-18(25-17)12-5-3-2-4-6-12)24-16(23)9-13-7-8-14(19)10-15(13)20/h2-8,10-11H,9H2,1H3/t11-/m0/s1. The van der Waals surface area contributed by atoms with Gasteiger partial charge in [-0.3, -0.25) is 4.79 Å². The van der Waals surface area contributed by atoms with Gasteiger partial charge in [0.15, 0.2) is 6.10 Å². The lowest BCUT2D eigenvalue weighted by atomic mass is 10.1. The predicted octanol–water partition coefficient (Wildman–Crippen LogP) is 4.89. The van der Waals surface area contributed by atoms with Gasteiger partial charge in [-0.25, -0.2) is 0 Å². The maximum Gasteiger partial charge on any atom is 0.311 e. The maximum absolute atomic E-state index is 12.1. The molecule has 128 valence electrons. The zero-order valence-corrected chi connectivity index (χ0v) is 14.8. The molecule has 5 nitrogen and oxygen atoms in total. The number of benzene rings is 2. The second kappa shape index (κ2) is 7.68. The van der Waals surface area contributed by atoms with Gasteiger partial charge < -0.3 is 9.15 Å². The Hall–Kier alpha value is -2.37. The zero-order valence-electron chi connectivity index (χ0n) is 13.3. The number of hydrogen-bond acceptors (Lipinski definition) is 5. The summed E-state index contributed by atoms with van der Waals surface area (Å²) in [5.74, 6) is 0.157. The van der Waals surface area contributed by atoms with Crippen LogP contribution in [-0.2, 0) is 16.0 Å². The average Bonchev–Trinajstić information content (AvgIpc) is 3.08. The van der Waals surface area contributed by atoms with Crippen molar-refractivity contribution in [2.45, 2.75) is 19.4 Å². The van der Waals surface area contributed by atoms with Crippen LogP contribution < -0.4 is 0 Å². The molecule has 0 bridgehead atoms. The Balaban J connectivity index is 1.65. The van der Waals surface area contributed by atoms with Crippen molar-refractivity contribution in [3.63, 3.8) is 0 Å². The first-order valence-electron chi connectivity index (χ1n) is 7.55. The molecule has 3 rings (SSSR count). The van der Waals surface area contributed by atoms with Crippen LogP contribution in [0.4, 0.5) is 0 Å². The van der Waals surface area contributed by atoms with Crippen molar-refractivity contribution < 1.29 is 13.9 Å². The molecule has 0 saturated heterocycles. The minimum Gasteiger partial charge on any atom is -0.452 e. The highest BCUT2D eigenvalue weighted by atomic mass is 35.5. The van der Waals surface area contributed by atoms with Crippen molar-refractivity contribution in [1.82, 2.24) is 10.2 Å². The van der Waals surface area contributed by atoms with E-state index in [-0.39, 0.29) is 12.3 Å². The Labute approximate surface area is 154 Å². The van der Waals surface area contributed by atoms with Gasteiger partial charge in [-0.05, 0) is 36.8 Å². The number of aromatic nitrogens is 2. The summed E-state index contributed by atoms with van der Waals surface area (Å²) in [4.78, 5) is 12.1. The molecule has 0 saturated carbocycles. The summed E-state index contributed by atoms with van der Waals surface area (Å²) >= 11 is 11.9. The fourth-order valence-corrected chi connectivity index (χ4v) is 2.68. The molecule has 2 aromatic carbocycles. The first-order valence-corrected chi connectivity index (χ1v) is 8.31. The molecule has 0 aliphatic heterocycles. The highest BCUT2D eigenvalue weighted by Crippen LogP contribution is 2.24. The molecule has 1 heterocycles. The van der Waals surface area contributed by atoms with E-state index >= 15 is 0 Å². The lowest BCUT2D eigenvalue weighted by Crippen LogP contribution is -2.12. The Bertz CT molecular complexity index is 881. The van der Waals surface area contributed by atoms with Gasteiger partial charge in [-0.15, -0.1) is 10.2 Å². The van der Waals surface area contributed by atoms with Crippen LogP contribution in [0.3, 0.4) is 0 Å². The number of esters is 1. The van der Waals surface area contributed by atoms with Gasteiger partial charge in [-0.1, -0.05) is 47.5 Å². The van der Waals surface area contributed by atoms with Crippen LogP contribution >= 0.6 is 23.2 Å². The molecule has 0 radical (unpaired) electrons. The van der Waals surface area contributed by atoms with Gasteiger partial charge in [0.2, 0.25) is 5.89 Å². The monoisotopic (exact) mass is 376 g/mol. The van der Waals surface area contributed by atoms with Gasteiger partial charge in [0, 0.05) is 15.6 Å². The number of hydrogen-bond donors (Lipinski definition) is 0. The number of rotatable bonds is 5. The minimum absolute atomic E-state index is 0.0278. The SMILES string of the molecule is C[C@H](OC(=O)Cc1ccc(Cl)cc1Cl)c1nnc(-c2ccccc2)o1. The molecule has 0 N–H and O–H groups in total. The van der Waals surface area contributed by atoms with Crippen LogP contribution in [0.5, 0.6) is 0 Å². The van der Waals surface area contributed by atoms with Gasteiger partial charge in [0.1, 0.15) is 0 Å². The number of carbonyl (C=O) groups excluding carboxylic acids is 1. The molecule has 0 fully saturated rings. The molecule has 0 amide bonds. The molecule has 0 spiro atoms. The Kier molecular flexibility index (Phi) is 5.36. The van der Waals surface area contributed by atoms with Crippen LogP contribution in [-0.4, -0.2) is 16.2 Å². The average molecular weight is 377 g/mol. The fraction of sp³-hybridized carbons (Fsp3) is 0.167. The highest BCUT2D eigenvalue weighted by molar-refractivity contribution is 6.35. The van der Waals surface area contributed by atoms with E-state index in [1.807, 2.05) is 30.3 Å².